The highest BCUT2D eigenvalue weighted by Crippen LogP contribution is 2.67. The van der Waals surface area contributed by atoms with Gasteiger partial charge in [-0.05, 0) is 118 Å². The van der Waals surface area contributed by atoms with Gasteiger partial charge in [0.2, 0.25) is 0 Å². The highest BCUT2D eigenvalue weighted by molar-refractivity contribution is 5.70. The average Bonchev–Trinajstić information content (AvgIpc) is 2.91. The number of esters is 1. The van der Waals surface area contributed by atoms with Gasteiger partial charge < -0.3 is 4.74 Å². The molecule has 4 aliphatic rings. The first-order valence-electron chi connectivity index (χ1n) is 13.3. The largest absolute Gasteiger partial charge is 0.460 e. The van der Waals surface area contributed by atoms with Crippen LogP contribution in [0.3, 0.4) is 0 Å². The SMILES string of the molecule is C[C@H](CC(=O)OC(C)(C)C)C1CCC2C3CCCC4CCCC[C@]4(C)C3CC[C@@]21C. The summed E-state index contributed by atoms with van der Waals surface area (Å²) in [4.78, 5) is 12.5. The van der Waals surface area contributed by atoms with E-state index in [9.17, 15) is 4.79 Å². The van der Waals surface area contributed by atoms with E-state index >= 15 is 0 Å². The lowest BCUT2D eigenvalue weighted by Gasteiger charge is -2.56. The second-order valence-corrected chi connectivity index (χ2v) is 13.3. The molecule has 0 amide bonds. The molecule has 2 heteroatoms. The second kappa shape index (κ2) is 8.11. The molecule has 0 aromatic rings. The van der Waals surface area contributed by atoms with E-state index in [1.807, 2.05) is 20.8 Å². The van der Waals surface area contributed by atoms with Crippen molar-refractivity contribution in [2.45, 2.75) is 124 Å². The second-order valence-electron chi connectivity index (χ2n) is 13.3. The van der Waals surface area contributed by atoms with Crippen molar-refractivity contribution in [2.75, 3.05) is 0 Å². The Kier molecular flexibility index (Phi) is 6.12. The Morgan fingerprint density at radius 2 is 1.60 bits per heavy atom. The third-order valence-corrected chi connectivity index (χ3v) is 10.5. The lowest BCUT2D eigenvalue weighted by atomic mass is 9.49. The van der Waals surface area contributed by atoms with Crippen molar-refractivity contribution in [2.24, 2.45) is 46.3 Å². The zero-order chi connectivity index (χ0) is 21.7. The summed E-state index contributed by atoms with van der Waals surface area (Å²) < 4.78 is 5.67. The van der Waals surface area contributed by atoms with Gasteiger partial charge in [0.05, 0.1) is 0 Å². The van der Waals surface area contributed by atoms with Crippen molar-refractivity contribution >= 4 is 5.97 Å². The summed E-state index contributed by atoms with van der Waals surface area (Å²) in [5.74, 6) is 4.92. The number of carbonyl (C=O) groups is 1. The van der Waals surface area contributed by atoms with Crippen molar-refractivity contribution in [3.05, 3.63) is 0 Å². The van der Waals surface area contributed by atoms with Crippen LogP contribution in [-0.4, -0.2) is 11.6 Å². The molecule has 4 fully saturated rings. The standard InChI is InChI=1S/C28H48O2/c1-19(18-25(29)30-26(2,3)4)22-13-14-23-21-12-9-11-20-10-7-8-16-27(20,5)24(21)15-17-28(22,23)6/h19-24H,7-18H2,1-6H3/t19-,20?,21?,22?,23?,24?,27+,28-/m1/s1. The molecule has 8 atom stereocenters. The first kappa shape index (κ1) is 22.7. The molecule has 0 aromatic heterocycles. The van der Waals surface area contributed by atoms with Gasteiger partial charge in [-0.25, -0.2) is 0 Å². The summed E-state index contributed by atoms with van der Waals surface area (Å²) >= 11 is 0. The normalized spacial score (nSPS) is 44.9. The van der Waals surface area contributed by atoms with Crippen LogP contribution in [0, 0.1) is 46.3 Å². The summed E-state index contributed by atoms with van der Waals surface area (Å²) in [6, 6.07) is 0. The molecule has 30 heavy (non-hydrogen) atoms. The van der Waals surface area contributed by atoms with Crippen LogP contribution in [-0.2, 0) is 9.53 Å². The fourth-order valence-corrected chi connectivity index (χ4v) is 9.27. The van der Waals surface area contributed by atoms with Crippen LogP contribution in [0.25, 0.3) is 0 Å². The number of carbonyl (C=O) groups excluding carboxylic acids is 1. The Bertz CT molecular complexity index is 633. The van der Waals surface area contributed by atoms with Crippen LogP contribution in [0.1, 0.15) is 119 Å². The third kappa shape index (κ3) is 3.99. The van der Waals surface area contributed by atoms with Crippen LogP contribution >= 0.6 is 0 Å². The summed E-state index contributed by atoms with van der Waals surface area (Å²) in [5.41, 5.74) is 0.678. The van der Waals surface area contributed by atoms with E-state index in [1.54, 1.807) is 0 Å². The Balaban J connectivity index is 1.50. The molecule has 5 unspecified atom stereocenters. The number of ether oxygens (including phenoxy) is 1. The number of hydrogen-bond donors (Lipinski definition) is 0. The Hall–Kier alpha value is -0.530. The predicted molar refractivity (Wildman–Crippen MR) is 124 cm³/mol. The molecule has 0 aliphatic heterocycles. The van der Waals surface area contributed by atoms with E-state index in [-0.39, 0.29) is 11.6 Å². The molecule has 4 rings (SSSR count). The molecule has 4 saturated carbocycles. The van der Waals surface area contributed by atoms with Crippen LogP contribution in [0.5, 0.6) is 0 Å². The molecule has 0 heterocycles. The molecule has 0 N–H and O–H groups in total. The smallest absolute Gasteiger partial charge is 0.306 e. The third-order valence-electron chi connectivity index (χ3n) is 10.5. The van der Waals surface area contributed by atoms with Crippen LogP contribution in [0.2, 0.25) is 0 Å². The van der Waals surface area contributed by atoms with E-state index in [2.05, 4.69) is 20.8 Å². The minimum Gasteiger partial charge on any atom is -0.460 e. The minimum atomic E-state index is -0.372. The first-order chi connectivity index (χ1) is 14.0. The van der Waals surface area contributed by atoms with Gasteiger partial charge in [0.25, 0.3) is 0 Å². The molecule has 0 spiro atoms. The van der Waals surface area contributed by atoms with Crippen LogP contribution < -0.4 is 0 Å². The minimum absolute atomic E-state index is 0.00256. The van der Waals surface area contributed by atoms with Crippen molar-refractivity contribution in [3.63, 3.8) is 0 Å². The molecule has 172 valence electrons. The van der Waals surface area contributed by atoms with Gasteiger partial charge in [0, 0.05) is 6.42 Å². The number of rotatable bonds is 3. The van der Waals surface area contributed by atoms with E-state index in [0.29, 0.717) is 29.1 Å². The topological polar surface area (TPSA) is 26.3 Å². The summed E-state index contributed by atoms with van der Waals surface area (Å²) in [6.07, 6.45) is 16.5. The predicted octanol–water partition coefficient (Wildman–Crippen LogP) is 7.79. The lowest BCUT2D eigenvalue weighted by molar-refractivity contribution is -0.157. The summed E-state index contributed by atoms with van der Waals surface area (Å²) in [5, 5.41) is 0. The van der Waals surface area contributed by atoms with Crippen LogP contribution in [0.15, 0.2) is 0 Å². The highest BCUT2D eigenvalue weighted by Gasteiger charge is 2.59. The van der Waals surface area contributed by atoms with Gasteiger partial charge >= 0.3 is 5.97 Å². The lowest BCUT2D eigenvalue weighted by Crippen LogP contribution is -2.49. The highest BCUT2D eigenvalue weighted by atomic mass is 16.6. The Morgan fingerprint density at radius 3 is 2.33 bits per heavy atom. The maximum Gasteiger partial charge on any atom is 0.306 e. The molecule has 4 aliphatic carbocycles. The number of fused-ring (bicyclic) bond motifs is 5. The summed E-state index contributed by atoms with van der Waals surface area (Å²) in [7, 11) is 0. The fraction of sp³-hybridized carbons (Fsp3) is 0.964. The quantitative estimate of drug-likeness (QED) is 0.439. The van der Waals surface area contributed by atoms with E-state index < -0.39 is 0 Å². The Morgan fingerprint density at radius 1 is 0.900 bits per heavy atom. The zero-order valence-corrected chi connectivity index (χ0v) is 20.8. The van der Waals surface area contributed by atoms with Crippen LogP contribution in [0.4, 0.5) is 0 Å². The average molecular weight is 417 g/mol. The summed E-state index contributed by atoms with van der Waals surface area (Å²) in [6.45, 7) is 13.6. The van der Waals surface area contributed by atoms with Gasteiger partial charge in [-0.1, -0.05) is 40.0 Å². The van der Waals surface area contributed by atoms with Crippen molar-refractivity contribution < 1.29 is 9.53 Å². The maximum absolute atomic E-state index is 12.5. The molecule has 0 aromatic carbocycles. The molecule has 0 radical (unpaired) electrons. The zero-order valence-electron chi connectivity index (χ0n) is 20.8. The molecular formula is C28H48O2. The first-order valence-corrected chi connectivity index (χ1v) is 13.3. The molecule has 0 saturated heterocycles. The van der Waals surface area contributed by atoms with Gasteiger partial charge in [-0.3, -0.25) is 4.79 Å². The fourth-order valence-electron chi connectivity index (χ4n) is 9.27. The number of hydrogen-bond acceptors (Lipinski definition) is 2. The molecule has 0 bridgehead atoms. The molecular weight excluding hydrogens is 368 g/mol. The van der Waals surface area contributed by atoms with Crippen molar-refractivity contribution in [1.29, 1.82) is 0 Å². The monoisotopic (exact) mass is 416 g/mol. The van der Waals surface area contributed by atoms with Crippen molar-refractivity contribution in [3.8, 4) is 0 Å². The van der Waals surface area contributed by atoms with E-state index in [0.717, 1.165) is 23.7 Å². The van der Waals surface area contributed by atoms with Crippen molar-refractivity contribution in [1.82, 2.24) is 0 Å². The Labute approximate surface area is 186 Å². The maximum atomic E-state index is 12.5. The van der Waals surface area contributed by atoms with Gasteiger partial charge in [0.1, 0.15) is 5.60 Å². The van der Waals surface area contributed by atoms with E-state index in [1.165, 1.54) is 70.6 Å². The van der Waals surface area contributed by atoms with Gasteiger partial charge in [-0.2, -0.15) is 0 Å². The van der Waals surface area contributed by atoms with Gasteiger partial charge in [0.15, 0.2) is 0 Å². The van der Waals surface area contributed by atoms with E-state index in [4.69, 9.17) is 4.74 Å². The molecule has 2 nitrogen and oxygen atoms in total. The van der Waals surface area contributed by atoms with Gasteiger partial charge in [-0.15, -0.1) is 0 Å².